The van der Waals surface area contributed by atoms with E-state index in [1.165, 1.54) is 24.8 Å². The van der Waals surface area contributed by atoms with Crippen molar-refractivity contribution in [1.82, 2.24) is 4.90 Å². The van der Waals surface area contributed by atoms with Gasteiger partial charge in [0.1, 0.15) is 0 Å². The number of aliphatic hydroxyl groups is 1. The molecule has 1 N–H and O–H groups in total. The molecule has 0 bridgehead atoms. The van der Waals surface area contributed by atoms with Crippen LogP contribution in [-0.4, -0.2) is 29.6 Å². The zero-order chi connectivity index (χ0) is 16.8. The Bertz CT molecular complexity index is 613. The number of rotatable bonds is 6. The molecule has 3 rings (SSSR count). The number of benzene rings is 2. The van der Waals surface area contributed by atoms with Gasteiger partial charge in [-0.25, -0.2) is 0 Å². The van der Waals surface area contributed by atoms with E-state index in [1.807, 2.05) is 24.3 Å². The summed E-state index contributed by atoms with van der Waals surface area (Å²) in [5, 5.41) is 11.2. The van der Waals surface area contributed by atoms with Crippen LogP contribution in [0.25, 0.3) is 0 Å². The van der Waals surface area contributed by atoms with Crippen LogP contribution in [0.15, 0.2) is 54.6 Å². The van der Waals surface area contributed by atoms with Crippen molar-refractivity contribution in [2.75, 3.05) is 19.6 Å². The molecule has 1 aliphatic heterocycles. The molecule has 128 valence electrons. The van der Waals surface area contributed by atoms with E-state index in [1.54, 1.807) is 0 Å². The summed E-state index contributed by atoms with van der Waals surface area (Å²) in [4.78, 5) is 2.42. The third kappa shape index (κ3) is 5.07. The summed E-state index contributed by atoms with van der Waals surface area (Å²) in [6.07, 6.45) is 4.49. The number of nitrogens with zero attached hydrogens (tertiary/aromatic N) is 1. The van der Waals surface area contributed by atoms with Crippen LogP contribution in [0.2, 0.25) is 5.02 Å². The van der Waals surface area contributed by atoms with E-state index in [0.29, 0.717) is 11.6 Å². The molecule has 0 aromatic heterocycles. The van der Waals surface area contributed by atoms with Crippen LogP contribution < -0.4 is 0 Å². The molecule has 2 aromatic rings. The Hall–Kier alpha value is -1.35. The first-order valence-electron chi connectivity index (χ1n) is 8.90. The van der Waals surface area contributed by atoms with Crippen LogP contribution >= 0.6 is 11.6 Å². The maximum atomic E-state index is 10.5. The van der Waals surface area contributed by atoms with Crippen molar-refractivity contribution < 1.29 is 5.11 Å². The fourth-order valence-electron chi connectivity index (χ4n) is 3.60. The van der Waals surface area contributed by atoms with Gasteiger partial charge in [-0.05, 0) is 61.4 Å². The van der Waals surface area contributed by atoms with Gasteiger partial charge in [-0.1, -0.05) is 54.1 Å². The smallest absolute Gasteiger partial charge is 0.0916 e. The SMILES string of the molecule is O[C@@H](CN1CCCC(CCc2ccccc2)C1)c1ccc(Cl)cc1. The van der Waals surface area contributed by atoms with Crippen molar-refractivity contribution in [3.63, 3.8) is 0 Å². The fourth-order valence-corrected chi connectivity index (χ4v) is 3.73. The first kappa shape index (κ1) is 17.5. The lowest BCUT2D eigenvalue weighted by Crippen LogP contribution is -2.38. The highest BCUT2D eigenvalue weighted by atomic mass is 35.5. The Balaban J connectivity index is 1.49. The van der Waals surface area contributed by atoms with Crippen LogP contribution in [0.3, 0.4) is 0 Å². The molecule has 1 heterocycles. The molecule has 0 saturated carbocycles. The highest BCUT2D eigenvalue weighted by molar-refractivity contribution is 6.30. The minimum Gasteiger partial charge on any atom is -0.387 e. The predicted molar refractivity (Wildman–Crippen MR) is 100 cm³/mol. The van der Waals surface area contributed by atoms with Crippen molar-refractivity contribution in [3.05, 3.63) is 70.7 Å². The second-order valence-corrected chi connectivity index (χ2v) is 7.30. The van der Waals surface area contributed by atoms with Crippen LogP contribution in [0.1, 0.15) is 36.5 Å². The van der Waals surface area contributed by atoms with Gasteiger partial charge in [0, 0.05) is 18.1 Å². The molecule has 2 aromatic carbocycles. The van der Waals surface area contributed by atoms with E-state index < -0.39 is 6.10 Å². The molecule has 0 amide bonds. The highest BCUT2D eigenvalue weighted by Crippen LogP contribution is 2.24. The fraction of sp³-hybridized carbons (Fsp3) is 0.429. The van der Waals surface area contributed by atoms with Crippen LogP contribution in [0.5, 0.6) is 0 Å². The summed E-state index contributed by atoms with van der Waals surface area (Å²) >= 11 is 5.92. The molecule has 24 heavy (non-hydrogen) atoms. The zero-order valence-electron chi connectivity index (χ0n) is 14.1. The summed E-state index contributed by atoms with van der Waals surface area (Å²) in [6.45, 7) is 2.90. The number of halogens is 1. The van der Waals surface area contributed by atoms with Crippen molar-refractivity contribution >= 4 is 11.6 Å². The molecule has 0 radical (unpaired) electrons. The quantitative estimate of drug-likeness (QED) is 0.820. The minimum absolute atomic E-state index is 0.435. The molecule has 1 saturated heterocycles. The molecule has 2 atom stereocenters. The normalized spacial score (nSPS) is 20.0. The van der Waals surface area contributed by atoms with E-state index in [4.69, 9.17) is 11.6 Å². The third-order valence-corrected chi connectivity index (χ3v) is 5.23. The third-order valence-electron chi connectivity index (χ3n) is 4.97. The van der Waals surface area contributed by atoms with Gasteiger partial charge in [-0.15, -0.1) is 0 Å². The number of piperidine rings is 1. The molecular formula is C21H26ClNO. The summed E-state index contributed by atoms with van der Waals surface area (Å²) in [6, 6.07) is 18.3. The molecule has 2 nitrogen and oxygen atoms in total. The lowest BCUT2D eigenvalue weighted by atomic mass is 9.91. The molecular weight excluding hydrogens is 318 g/mol. The molecule has 1 aliphatic rings. The average molecular weight is 344 g/mol. The highest BCUT2D eigenvalue weighted by Gasteiger charge is 2.22. The topological polar surface area (TPSA) is 23.5 Å². The van der Waals surface area contributed by atoms with Gasteiger partial charge < -0.3 is 10.0 Å². The number of aryl methyl sites for hydroxylation is 1. The van der Waals surface area contributed by atoms with Gasteiger partial charge in [-0.3, -0.25) is 0 Å². The lowest BCUT2D eigenvalue weighted by Gasteiger charge is -2.34. The van der Waals surface area contributed by atoms with Gasteiger partial charge in [0.05, 0.1) is 6.10 Å². The van der Waals surface area contributed by atoms with E-state index >= 15 is 0 Å². The van der Waals surface area contributed by atoms with E-state index in [-0.39, 0.29) is 0 Å². The Morgan fingerprint density at radius 3 is 2.58 bits per heavy atom. The first-order chi connectivity index (χ1) is 11.7. The van der Waals surface area contributed by atoms with Crippen molar-refractivity contribution in [3.8, 4) is 0 Å². The van der Waals surface area contributed by atoms with E-state index in [0.717, 1.165) is 31.0 Å². The summed E-state index contributed by atoms with van der Waals surface area (Å²) < 4.78 is 0. The zero-order valence-corrected chi connectivity index (χ0v) is 14.8. The molecule has 0 spiro atoms. The lowest BCUT2D eigenvalue weighted by molar-refractivity contribution is 0.0827. The Morgan fingerprint density at radius 1 is 1.08 bits per heavy atom. The molecule has 0 aliphatic carbocycles. The molecule has 1 fully saturated rings. The van der Waals surface area contributed by atoms with Gasteiger partial charge >= 0.3 is 0 Å². The number of hydrogen-bond donors (Lipinski definition) is 1. The van der Waals surface area contributed by atoms with Crippen molar-refractivity contribution in [1.29, 1.82) is 0 Å². The maximum Gasteiger partial charge on any atom is 0.0916 e. The summed E-state index contributed by atoms with van der Waals surface area (Å²) in [7, 11) is 0. The Kier molecular flexibility index (Phi) is 6.30. The predicted octanol–water partition coefficient (Wildman–Crippen LogP) is 4.72. The van der Waals surface area contributed by atoms with Crippen LogP contribution in [0.4, 0.5) is 0 Å². The summed E-state index contributed by atoms with van der Waals surface area (Å²) in [5.41, 5.74) is 2.38. The maximum absolute atomic E-state index is 10.5. The van der Waals surface area contributed by atoms with Gasteiger partial charge in [0.15, 0.2) is 0 Å². The second kappa shape index (κ2) is 8.66. The van der Waals surface area contributed by atoms with Crippen LogP contribution in [0, 0.1) is 5.92 Å². The number of β-amino-alcohol motifs (C(OH)–C–C–N with tert-alkyl or cyclic N) is 1. The standard InChI is InChI=1S/C21H26ClNO/c22-20-12-10-19(11-13-20)21(24)16-23-14-4-7-18(15-23)9-8-17-5-2-1-3-6-17/h1-3,5-6,10-13,18,21,24H,4,7-9,14-16H2/t18?,21-/m0/s1. The first-order valence-corrected chi connectivity index (χ1v) is 9.28. The number of likely N-dealkylation sites (tertiary alicyclic amines) is 1. The van der Waals surface area contributed by atoms with Crippen LogP contribution in [-0.2, 0) is 6.42 Å². The molecule has 3 heteroatoms. The largest absolute Gasteiger partial charge is 0.387 e. The number of hydrogen-bond acceptors (Lipinski definition) is 2. The minimum atomic E-state index is -0.435. The molecule has 1 unspecified atom stereocenters. The van der Waals surface area contributed by atoms with E-state index in [2.05, 4.69) is 35.2 Å². The Morgan fingerprint density at radius 2 is 1.83 bits per heavy atom. The monoisotopic (exact) mass is 343 g/mol. The van der Waals surface area contributed by atoms with E-state index in [9.17, 15) is 5.11 Å². The van der Waals surface area contributed by atoms with Crippen molar-refractivity contribution in [2.24, 2.45) is 5.92 Å². The van der Waals surface area contributed by atoms with Gasteiger partial charge in [0.25, 0.3) is 0 Å². The summed E-state index contributed by atoms with van der Waals surface area (Å²) in [5.74, 6) is 0.733. The second-order valence-electron chi connectivity index (χ2n) is 6.86. The number of aliphatic hydroxyl groups excluding tert-OH is 1. The van der Waals surface area contributed by atoms with Gasteiger partial charge in [-0.2, -0.15) is 0 Å². The van der Waals surface area contributed by atoms with Gasteiger partial charge in [0.2, 0.25) is 0 Å². The van der Waals surface area contributed by atoms with Crippen molar-refractivity contribution in [2.45, 2.75) is 31.8 Å². The Labute approximate surface area is 150 Å². The average Bonchev–Trinajstić information content (AvgIpc) is 2.62.